The molecule has 0 bridgehead atoms. The van der Waals surface area contributed by atoms with Crippen LogP contribution in [0.25, 0.3) is 28.0 Å². The maximum absolute atomic E-state index is 16.0. The first kappa shape index (κ1) is 28.4. The lowest BCUT2D eigenvalue weighted by molar-refractivity contribution is -0.126. The molecular weight excluding hydrogens is 554 g/mol. The molecule has 4 aromatic rings. The monoisotopic (exact) mass is 586 g/mol. The molecule has 3 aromatic heterocycles. The third-order valence-corrected chi connectivity index (χ3v) is 8.30. The number of rotatable bonds is 6. The summed E-state index contributed by atoms with van der Waals surface area (Å²) >= 11 is 0. The van der Waals surface area contributed by atoms with Crippen LogP contribution in [0, 0.1) is 24.5 Å². The number of amides is 1. The van der Waals surface area contributed by atoms with Crippen molar-refractivity contribution in [2.45, 2.75) is 45.6 Å². The van der Waals surface area contributed by atoms with E-state index in [0.717, 1.165) is 24.5 Å². The number of benzene rings is 1. The quantitative estimate of drug-likeness (QED) is 0.322. The standard InChI is InChI=1S/C32H32F2N6O3/c1-5-25(42)38-13-14-39(23(16-38)19-9-10-19)30-20-15-22(34)28(26-21(33)7-6-8-24(26)41)36-31(20)40(32(43)37-30)29-18(4)11-12-35-27(29)17(2)3/h5-8,11-12,15,17,19,23,41H,1,9-10,13-14,16H2,2-4H3. The van der Waals surface area contributed by atoms with Gasteiger partial charge in [-0.2, -0.15) is 4.98 Å². The normalized spacial score (nSPS) is 17.1. The third-order valence-electron chi connectivity index (χ3n) is 8.30. The summed E-state index contributed by atoms with van der Waals surface area (Å²) < 4.78 is 32.3. The molecule has 1 amide bonds. The van der Waals surface area contributed by atoms with Crippen LogP contribution in [-0.2, 0) is 4.79 Å². The van der Waals surface area contributed by atoms with Crippen LogP contribution in [0.2, 0.25) is 0 Å². The molecule has 1 saturated heterocycles. The minimum absolute atomic E-state index is 0.0613. The van der Waals surface area contributed by atoms with Crippen molar-refractivity contribution in [1.82, 2.24) is 24.4 Å². The lowest BCUT2D eigenvalue weighted by Crippen LogP contribution is -2.56. The van der Waals surface area contributed by atoms with Crippen molar-refractivity contribution in [3.63, 3.8) is 0 Å². The fourth-order valence-electron chi connectivity index (χ4n) is 6.02. The maximum Gasteiger partial charge on any atom is 0.355 e. The fourth-order valence-corrected chi connectivity index (χ4v) is 6.02. The van der Waals surface area contributed by atoms with Crippen molar-refractivity contribution in [2.75, 3.05) is 24.5 Å². The number of aryl methyl sites for hydroxylation is 1. The van der Waals surface area contributed by atoms with Crippen LogP contribution < -0.4 is 10.6 Å². The Kier molecular flexibility index (Phi) is 7.19. The topological polar surface area (TPSA) is 104 Å². The lowest BCUT2D eigenvalue weighted by atomic mass is 10.0. The van der Waals surface area contributed by atoms with E-state index in [-0.39, 0.29) is 40.6 Å². The van der Waals surface area contributed by atoms with Gasteiger partial charge in [0.15, 0.2) is 11.5 Å². The Morgan fingerprint density at radius 1 is 1.14 bits per heavy atom. The van der Waals surface area contributed by atoms with Crippen molar-refractivity contribution >= 4 is 22.8 Å². The summed E-state index contributed by atoms with van der Waals surface area (Å²) in [5.74, 6) is -1.94. The summed E-state index contributed by atoms with van der Waals surface area (Å²) in [5, 5.41) is 10.8. The zero-order chi connectivity index (χ0) is 30.6. The predicted molar refractivity (Wildman–Crippen MR) is 159 cm³/mol. The number of aromatic hydroxyl groups is 1. The molecule has 222 valence electrons. The van der Waals surface area contributed by atoms with E-state index in [0.29, 0.717) is 31.0 Å². The van der Waals surface area contributed by atoms with E-state index in [4.69, 9.17) is 0 Å². The second-order valence-corrected chi connectivity index (χ2v) is 11.5. The first-order valence-electron chi connectivity index (χ1n) is 14.4. The van der Waals surface area contributed by atoms with E-state index in [1.54, 1.807) is 17.2 Å². The van der Waals surface area contributed by atoms with Crippen LogP contribution in [0.15, 0.2) is 54.0 Å². The zero-order valence-corrected chi connectivity index (χ0v) is 24.2. The Labute approximate surface area is 247 Å². The van der Waals surface area contributed by atoms with Gasteiger partial charge in [0.2, 0.25) is 5.91 Å². The average Bonchev–Trinajstić information content (AvgIpc) is 3.82. The van der Waals surface area contributed by atoms with Crippen molar-refractivity contribution in [1.29, 1.82) is 0 Å². The summed E-state index contributed by atoms with van der Waals surface area (Å²) in [6, 6.07) is 6.49. The van der Waals surface area contributed by atoms with Gasteiger partial charge in [-0.1, -0.05) is 26.5 Å². The highest BCUT2D eigenvalue weighted by molar-refractivity contribution is 5.91. The van der Waals surface area contributed by atoms with E-state index in [9.17, 15) is 19.1 Å². The van der Waals surface area contributed by atoms with E-state index >= 15 is 4.39 Å². The van der Waals surface area contributed by atoms with Crippen LogP contribution >= 0.6 is 0 Å². The highest BCUT2D eigenvalue weighted by Crippen LogP contribution is 2.41. The van der Waals surface area contributed by atoms with Gasteiger partial charge in [-0.05, 0) is 67.5 Å². The summed E-state index contributed by atoms with van der Waals surface area (Å²) in [5.41, 5.74) is 0.389. The van der Waals surface area contributed by atoms with Gasteiger partial charge < -0.3 is 14.9 Å². The Bertz CT molecular complexity index is 1810. The number of hydrogen-bond donors (Lipinski definition) is 1. The molecule has 1 atom stereocenters. The number of carbonyl (C=O) groups is 1. The predicted octanol–water partition coefficient (Wildman–Crippen LogP) is 4.87. The lowest BCUT2D eigenvalue weighted by Gasteiger charge is -2.42. The number of fused-ring (bicyclic) bond motifs is 1. The van der Waals surface area contributed by atoms with Crippen LogP contribution in [0.3, 0.4) is 0 Å². The Hall–Kier alpha value is -4.67. The third kappa shape index (κ3) is 4.92. The molecule has 4 heterocycles. The molecule has 43 heavy (non-hydrogen) atoms. The second-order valence-electron chi connectivity index (χ2n) is 11.5. The molecule has 1 N–H and O–H groups in total. The fraction of sp³-hybridized carbons (Fsp3) is 0.344. The molecule has 1 saturated carbocycles. The minimum atomic E-state index is -0.878. The molecule has 1 unspecified atom stereocenters. The van der Waals surface area contributed by atoms with Gasteiger partial charge in [-0.25, -0.2) is 23.1 Å². The first-order chi connectivity index (χ1) is 20.6. The van der Waals surface area contributed by atoms with Crippen molar-refractivity contribution in [3.8, 4) is 22.7 Å². The summed E-state index contributed by atoms with van der Waals surface area (Å²) in [4.78, 5) is 43.8. The molecule has 9 nitrogen and oxygen atoms in total. The zero-order valence-electron chi connectivity index (χ0n) is 24.2. The largest absolute Gasteiger partial charge is 0.507 e. The van der Waals surface area contributed by atoms with Gasteiger partial charge in [0.05, 0.1) is 28.4 Å². The summed E-state index contributed by atoms with van der Waals surface area (Å²) in [6.07, 6.45) is 4.86. The number of carbonyl (C=O) groups excluding carboxylic acids is 1. The second kappa shape index (κ2) is 10.9. The number of pyridine rings is 2. The summed E-state index contributed by atoms with van der Waals surface area (Å²) in [7, 11) is 0. The highest BCUT2D eigenvalue weighted by Gasteiger charge is 2.41. The van der Waals surface area contributed by atoms with Crippen molar-refractivity contribution in [3.05, 3.63) is 82.6 Å². The number of nitrogens with zero attached hydrogens (tertiary/aromatic N) is 6. The maximum atomic E-state index is 16.0. The molecule has 6 rings (SSSR count). The Balaban J connectivity index is 1.65. The highest BCUT2D eigenvalue weighted by atomic mass is 19.1. The average molecular weight is 587 g/mol. The molecule has 2 fully saturated rings. The van der Waals surface area contributed by atoms with Gasteiger partial charge in [0.25, 0.3) is 0 Å². The number of piperazine rings is 1. The van der Waals surface area contributed by atoms with Gasteiger partial charge >= 0.3 is 5.69 Å². The molecular formula is C32H32F2N6O3. The van der Waals surface area contributed by atoms with E-state index in [1.807, 2.05) is 25.7 Å². The number of phenols is 1. The van der Waals surface area contributed by atoms with E-state index in [1.165, 1.54) is 28.8 Å². The van der Waals surface area contributed by atoms with E-state index in [2.05, 4.69) is 21.5 Å². The number of hydrogen-bond acceptors (Lipinski definition) is 7. The van der Waals surface area contributed by atoms with Crippen molar-refractivity contribution < 1.29 is 18.7 Å². The Morgan fingerprint density at radius 3 is 2.58 bits per heavy atom. The van der Waals surface area contributed by atoms with Gasteiger partial charge in [0, 0.05) is 25.8 Å². The number of aromatic nitrogens is 4. The first-order valence-corrected chi connectivity index (χ1v) is 14.4. The molecule has 2 aliphatic rings. The smallest absolute Gasteiger partial charge is 0.355 e. The molecule has 1 aromatic carbocycles. The van der Waals surface area contributed by atoms with Crippen molar-refractivity contribution in [2.24, 2.45) is 5.92 Å². The molecule has 1 aliphatic carbocycles. The molecule has 0 radical (unpaired) electrons. The number of phenolic OH excluding ortho intramolecular Hbond substituents is 1. The van der Waals surface area contributed by atoms with E-state index < -0.39 is 34.3 Å². The summed E-state index contributed by atoms with van der Waals surface area (Å²) in [6.45, 7) is 10.5. The molecule has 0 spiro atoms. The molecule has 1 aliphatic heterocycles. The number of halogens is 2. The van der Waals surface area contributed by atoms with Crippen LogP contribution in [0.5, 0.6) is 5.75 Å². The number of anilines is 1. The van der Waals surface area contributed by atoms with Gasteiger partial charge in [-0.3, -0.25) is 9.78 Å². The van der Waals surface area contributed by atoms with Gasteiger partial charge in [-0.15, -0.1) is 0 Å². The van der Waals surface area contributed by atoms with Gasteiger partial charge in [0.1, 0.15) is 23.1 Å². The van der Waals surface area contributed by atoms with Crippen LogP contribution in [0.4, 0.5) is 14.6 Å². The van der Waals surface area contributed by atoms with Crippen LogP contribution in [-0.4, -0.2) is 61.1 Å². The molecule has 11 heteroatoms. The Morgan fingerprint density at radius 2 is 1.91 bits per heavy atom. The SMILES string of the molecule is C=CC(=O)N1CCN(c2nc(=O)n(-c3c(C)ccnc3C(C)C)c3nc(-c4c(O)cccc4F)c(F)cc23)C(C2CC2)C1. The minimum Gasteiger partial charge on any atom is -0.507 e. The van der Waals surface area contributed by atoms with Crippen LogP contribution in [0.1, 0.15) is 43.9 Å².